The summed E-state index contributed by atoms with van der Waals surface area (Å²) < 4.78 is 35.0. The molecule has 6 nitrogen and oxygen atoms in total. The summed E-state index contributed by atoms with van der Waals surface area (Å²) in [6.07, 6.45) is 0. The van der Waals surface area contributed by atoms with Crippen LogP contribution in [0.1, 0.15) is 0 Å². The van der Waals surface area contributed by atoms with Gasteiger partial charge in [0.2, 0.25) is 0 Å². The zero-order valence-electron chi connectivity index (χ0n) is 13.5. The Balaban J connectivity index is 1.88. The van der Waals surface area contributed by atoms with Crippen molar-refractivity contribution < 1.29 is 12.3 Å². The molecule has 0 aliphatic carbocycles. The maximum atomic E-state index is 13.1. The van der Waals surface area contributed by atoms with Crippen molar-refractivity contribution in [3.63, 3.8) is 0 Å². The van der Waals surface area contributed by atoms with Crippen LogP contribution in [0.3, 0.4) is 0 Å². The lowest BCUT2D eigenvalue weighted by Crippen LogP contribution is -2.28. The molecule has 0 spiro atoms. The summed E-state index contributed by atoms with van der Waals surface area (Å²) in [6.45, 7) is 0. The van der Waals surface area contributed by atoms with Gasteiger partial charge in [-0.1, -0.05) is 41.6 Å². The number of nitrogens with zero attached hydrogens (tertiary/aromatic N) is 3. The number of para-hydroxylation sites is 1. The molecule has 0 fully saturated rings. The summed E-state index contributed by atoms with van der Waals surface area (Å²) in [5.74, 6) is 0. The summed E-state index contributed by atoms with van der Waals surface area (Å²) >= 11 is 0. The number of hydrazine groups is 1. The predicted octanol–water partition coefficient (Wildman–Crippen LogP) is 4.69. The molecule has 0 heterocycles. The molecule has 3 aromatic carbocycles. The van der Waals surface area contributed by atoms with Gasteiger partial charge in [0.05, 0.1) is 22.0 Å². The number of nitrogens with one attached hydrogen (secondary N) is 1. The van der Waals surface area contributed by atoms with E-state index in [0.717, 1.165) is 5.69 Å². The van der Waals surface area contributed by atoms with E-state index < -0.39 is 15.1 Å². The SMILES string of the molecule is O=S(=O)(F)c1ccc(N(NN=Nc2ccccc2)c2ccccc2)cc1. The van der Waals surface area contributed by atoms with E-state index in [-0.39, 0.29) is 0 Å². The van der Waals surface area contributed by atoms with Crippen molar-refractivity contribution in [2.45, 2.75) is 4.90 Å². The minimum Gasteiger partial charge on any atom is -0.239 e. The fraction of sp³-hybridized carbons (Fsp3) is 0. The number of halogens is 1. The normalized spacial score (nSPS) is 11.4. The summed E-state index contributed by atoms with van der Waals surface area (Å²) in [7, 11) is -4.74. The van der Waals surface area contributed by atoms with Crippen LogP contribution in [0.4, 0.5) is 20.9 Å². The average molecular weight is 370 g/mol. The van der Waals surface area contributed by atoms with Crippen molar-refractivity contribution in [3.05, 3.63) is 84.9 Å². The molecule has 0 bridgehead atoms. The minimum atomic E-state index is -4.74. The summed E-state index contributed by atoms with van der Waals surface area (Å²) in [5, 5.41) is 9.64. The van der Waals surface area contributed by atoms with Gasteiger partial charge in [0, 0.05) is 0 Å². The van der Waals surface area contributed by atoms with E-state index in [9.17, 15) is 12.3 Å². The van der Waals surface area contributed by atoms with E-state index in [2.05, 4.69) is 15.9 Å². The van der Waals surface area contributed by atoms with Gasteiger partial charge in [0.1, 0.15) is 0 Å². The highest BCUT2D eigenvalue weighted by Crippen LogP contribution is 2.25. The van der Waals surface area contributed by atoms with Gasteiger partial charge in [-0.05, 0) is 48.5 Å². The third kappa shape index (κ3) is 4.42. The Labute approximate surface area is 150 Å². The molecule has 0 radical (unpaired) electrons. The zero-order valence-corrected chi connectivity index (χ0v) is 14.3. The second kappa shape index (κ2) is 7.75. The molecule has 132 valence electrons. The molecule has 0 saturated heterocycles. The molecule has 3 aromatic rings. The Bertz CT molecular complexity index is 979. The quantitative estimate of drug-likeness (QED) is 0.388. The Hall–Kier alpha value is -3.26. The van der Waals surface area contributed by atoms with E-state index >= 15 is 0 Å². The third-order valence-electron chi connectivity index (χ3n) is 3.46. The van der Waals surface area contributed by atoms with Gasteiger partial charge in [-0.3, -0.25) is 0 Å². The Morgan fingerprint density at radius 3 is 1.88 bits per heavy atom. The molecule has 26 heavy (non-hydrogen) atoms. The number of hydrogen-bond donors (Lipinski definition) is 1. The van der Waals surface area contributed by atoms with Crippen LogP contribution in [0.2, 0.25) is 0 Å². The van der Waals surface area contributed by atoms with E-state index in [4.69, 9.17) is 0 Å². The topological polar surface area (TPSA) is 74.1 Å². The van der Waals surface area contributed by atoms with E-state index in [0.29, 0.717) is 11.4 Å². The van der Waals surface area contributed by atoms with Crippen LogP contribution in [0, 0.1) is 0 Å². The van der Waals surface area contributed by atoms with Crippen molar-refractivity contribution in [1.82, 2.24) is 5.53 Å². The number of anilines is 2. The van der Waals surface area contributed by atoms with Gasteiger partial charge < -0.3 is 0 Å². The molecule has 0 amide bonds. The Morgan fingerprint density at radius 1 is 0.769 bits per heavy atom. The first kappa shape index (κ1) is 17.6. The van der Waals surface area contributed by atoms with Crippen molar-refractivity contribution in [1.29, 1.82) is 0 Å². The second-order valence-electron chi connectivity index (χ2n) is 5.24. The summed E-state index contributed by atoms with van der Waals surface area (Å²) in [5.41, 5.74) is 4.79. The largest absolute Gasteiger partial charge is 0.332 e. The van der Waals surface area contributed by atoms with Gasteiger partial charge >= 0.3 is 10.2 Å². The third-order valence-corrected chi connectivity index (χ3v) is 4.29. The first-order valence-corrected chi connectivity index (χ1v) is 9.04. The number of rotatable bonds is 6. The van der Waals surface area contributed by atoms with Gasteiger partial charge in [0.25, 0.3) is 0 Å². The van der Waals surface area contributed by atoms with Crippen molar-refractivity contribution in [3.8, 4) is 0 Å². The van der Waals surface area contributed by atoms with Crippen LogP contribution in [0.25, 0.3) is 0 Å². The molecule has 0 atom stereocenters. The molecule has 0 aliphatic heterocycles. The maximum absolute atomic E-state index is 13.1. The van der Waals surface area contributed by atoms with Crippen LogP contribution < -0.4 is 10.5 Å². The molecule has 3 rings (SSSR count). The first-order chi connectivity index (χ1) is 12.5. The Morgan fingerprint density at radius 2 is 1.31 bits per heavy atom. The minimum absolute atomic E-state index is 0.403. The number of hydrogen-bond acceptors (Lipinski definition) is 5. The molecular weight excluding hydrogens is 355 g/mol. The molecule has 0 unspecified atom stereocenters. The highest BCUT2D eigenvalue weighted by atomic mass is 32.3. The number of benzene rings is 3. The van der Waals surface area contributed by atoms with Crippen LogP contribution in [0.5, 0.6) is 0 Å². The van der Waals surface area contributed by atoms with Crippen LogP contribution in [0.15, 0.2) is 100 Å². The highest BCUT2D eigenvalue weighted by molar-refractivity contribution is 7.86. The first-order valence-electron chi connectivity index (χ1n) is 7.65. The molecule has 8 heteroatoms. The van der Waals surface area contributed by atoms with Crippen LogP contribution in [-0.2, 0) is 10.2 Å². The fourth-order valence-corrected chi connectivity index (χ4v) is 2.68. The van der Waals surface area contributed by atoms with E-state index in [1.54, 1.807) is 17.1 Å². The van der Waals surface area contributed by atoms with E-state index in [1.165, 1.54) is 24.3 Å². The maximum Gasteiger partial charge on any atom is 0.332 e. The Kier molecular flexibility index (Phi) is 5.23. The summed E-state index contributed by atoms with van der Waals surface area (Å²) in [6, 6.07) is 23.8. The van der Waals surface area contributed by atoms with Crippen LogP contribution in [-0.4, -0.2) is 8.42 Å². The van der Waals surface area contributed by atoms with Gasteiger partial charge in [-0.15, -0.1) is 9.00 Å². The monoisotopic (exact) mass is 370 g/mol. The molecule has 1 N–H and O–H groups in total. The van der Waals surface area contributed by atoms with Gasteiger partial charge in [0.15, 0.2) is 0 Å². The van der Waals surface area contributed by atoms with Crippen LogP contribution >= 0.6 is 0 Å². The lowest BCUT2D eigenvalue weighted by Gasteiger charge is -2.22. The van der Waals surface area contributed by atoms with E-state index in [1.807, 2.05) is 48.5 Å². The van der Waals surface area contributed by atoms with Crippen molar-refractivity contribution >= 4 is 27.3 Å². The second-order valence-corrected chi connectivity index (χ2v) is 6.59. The molecule has 0 saturated carbocycles. The average Bonchev–Trinajstić information content (AvgIpc) is 2.66. The summed E-state index contributed by atoms with van der Waals surface area (Å²) in [4.78, 5) is -0.403. The smallest absolute Gasteiger partial charge is 0.239 e. The highest BCUT2D eigenvalue weighted by Gasteiger charge is 2.14. The van der Waals surface area contributed by atoms with Crippen molar-refractivity contribution in [2.24, 2.45) is 10.3 Å². The standard InChI is InChI=1S/C18H15FN4O2S/c19-26(24,25)18-13-11-17(12-14-18)23(16-9-5-2-6-10-16)22-21-20-15-7-3-1-4-8-15/h1-14H,(H,20,22). The molecule has 0 aromatic heterocycles. The molecular formula is C18H15FN4O2S. The lowest BCUT2D eigenvalue weighted by molar-refractivity contribution is 0.552. The lowest BCUT2D eigenvalue weighted by atomic mass is 10.2. The fourth-order valence-electron chi connectivity index (χ4n) is 2.22. The zero-order chi connectivity index (χ0) is 18.4. The van der Waals surface area contributed by atoms with Crippen molar-refractivity contribution in [2.75, 3.05) is 5.01 Å². The van der Waals surface area contributed by atoms with Gasteiger partial charge in [-0.2, -0.15) is 14.0 Å². The predicted molar refractivity (Wildman–Crippen MR) is 97.4 cm³/mol. The van der Waals surface area contributed by atoms with Gasteiger partial charge in [-0.25, -0.2) is 5.01 Å². The molecule has 0 aliphatic rings.